The third-order valence-electron chi connectivity index (χ3n) is 10.1. The van der Waals surface area contributed by atoms with Gasteiger partial charge in [0.05, 0.1) is 0 Å². The molecule has 202 valence electrons. The van der Waals surface area contributed by atoms with E-state index in [1.807, 2.05) is 0 Å². The Bertz CT molecular complexity index is 1610. The second-order valence-electron chi connectivity index (χ2n) is 12.2. The van der Waals surface area contributed by atoms with Gasteiger partial charge in [-0.1, -0.05) is 0 Å². The SMILES string of the molecule is CC[Si](CC)=[Hf]([CH3])([CH3])([CH]1C=Cc2c(-c3ccc(Br)cc3)cccc21)[CH]1C=Cc2c(-c3ccc(Br)cc3)cccc21. The Balaban J connectivity index is 1.54. The Morgan fingerprint density at radius 3 is 1.38 bits per heavy atom. The van der Waals surface area contributed by atoms with Gasteiger partial charge in [-0.15, -0.1) is 0 Å². The van der Waals surface area contributed by atoms with Gasteiger partial charge in [-0.05, 0) is 0 Å². The molecule has 0 radical (unpaired) electrons. The standard InChI is InChI=1S/2C15H10Br.C4H10Si.2CH3.Hf/c2*16-13-9-7-12(8-10-13)15-6-2-4-11-3-1-5-14(11)15;1-3-5-4-2;;;/h2*1-10H;3-4H2,1-2H3;2*1H3;. The van der Waals surface area contributed by atoms with Crippen LogP contribution >= 0.6 is 31.9 Å². The normalized spacial score (nSPS) is 17.7. The number of fused-ring (bicyclic) bond motifs is 2. The van der Waals surface area contributed by atoms with Crippen LogP contribution in [-0.2, 0) is 17.1 Å². The summed E-state index contributed by atoms with van der Waals surface area (Å²) in [6.07, 6.45) is 10.2. The van der Waals surface area contributed by atoms with Crippen molar-refractivity contribution in [1.82, 2.24) is 0 Å². The van der Waals surface area contributed by atoms with Gasteiger partial charge in [0, 0.05) is 0 Å². The summed E-state index contributed by atoms with van der Waals surface area (Å²) in [5, 5.41) is 0. The second-order valence-corrected chi connectivity index (χ2v) is 60.4. The number of benzene rings is 4. The maximum atomic E-state index is 3.62. The first-order valence-corrected chi connectivity index (χ1v) is 34.7. The van der Waals surface area contributed by atoms with Crippen LogP contribution in [-0.4, -0.2) is 5.49 Å². The summed E-state index contributed by atoms with van der Waals surface area (Å²) < 4.78 is 9.08. The van der Waals surface area contributed by atoms with Crippen LogP contribution in [0.15, 0.2) is 106 Å². The van der Waals surface area contributed by atoms with Crippen molar-refractivity contribution in [3.63, 3.8) is 0 Å². The Kier molecular flexibility index (Phi) is 7.78. The topological polar surface area (TPSA) is 0 Å². The van der Waals surface area contributed by atoms with Crippen LogP contribution in [0.1, 0.15) is 43.5 Å². The van der Waals surface area contributed by atoms with Crippen LogP contribution in [0.25, 0.3) is 34.4 Å². The van der Waals surface area contributed by atoms with Crippen LogP contribution in [0, 0.1) is 0 Å². The van der Waals surface area contributed by atoms with Gasteiger partial charge in [0.25, 0.3) is 0 Å². The first-order chi connectivity index (χ1) is 19.3. The van der Waals surface area contributed by atoms with Gasteiger partial charge in [-0.3, -0.25) is 0 Å². The van der Waals surface area contributed by atoms with E-state index in [1.165, 1.54) is 45.5 Å². The Morgan fingerprint density at radius 1 is 0.600 bits per heavy atom. The molecule has 0 heterocycles. The van der Waals surface area contributed by atoms with Crippen molar-refractivity contribution < 1.29 is 17.1 Å². The molecule has 0 bridgehead atoms. The van der Waals surface area contributed by atoms with Crippen molar-refractivity contribution in [2.24, 2.45) is 0 Å². The molecule has 0 fully saturated rings. The number of hydrogen-bond acceptors (Lipinski definition) is 0. The fourth-order valence-corrected chi connectivity index (χ4v) is 64.8. The van der Waals surface area contributed by atoms with E-state index in [-0.39, 0.29) is 0 Å². The molecule has 0 N–H and O–H groups in total. The van der Waals surface area contributed by atoms with Crippen LogP contribution in [0.5, 0.6) is 0 Å². The van der Waals surface area contributed by atoms with Gasteiger partial charge >= 0.3 is 260 Å². The zero-order chi connectivity index (χ0) is 28.1. The first kappa shape index (κ1) is 28.5. The van der Waals surface area contributed by atoms with Gasteiger partial charge in [0.15, 0.2) is 0 Å². The Hall–Kier alpha value is -1.59. The van der Waals surface area contributed by atoms with Gasteiger partial charge in [-0.2, -0.15) is 0 Å². The summed E-state index contributed by atoms with van der Waals surface area (Å²) in [6.45, 7) is 4.96. The average Bonchev–Trinajstić information content (AvgIpc) is 3.61. The fourth-order valence-electron chi connectivity index (χ4n) is 7.98. The van der Waals surface area contributed by atoms with Crippen molar-refractivity contribution in [3.05, 3.63) is 128 Å². The number of rotatable bonds is 6. The number of halogens is 2. The molecule has 2 aliphatic carbocycles. The zero-order valence-electron chi connectivity index (χ0n) is 23.7. The van der Waals surface area contributed by atoms with E-state index in [0.29, 0.717) is 7.35 Å². The predicted octanol–water partition coefficient (Wildman–Crippen LogP) is 12.2. The molecule has 2 aliphatic rings. The van der Waals surface area contributed by atoms with E-state index < -0.39 is 22.6 Å². The molecule has 2 unspecified atom stereocenters. The molecule has 0 spiro atoms. The van der Waals surface area contributed by atoms with Crippen molar-refractivity contribution in [3.8, 4) is 22.3 Å². The van der Waals surface area contributed by atoms with E-state index in [0.717, 1.165) is 8.95 Å². The van der Waals surface area contributed by atoms with Crippen LogP contribution in [0.4, 0.5) is 0 Å². The first-order valence-electron chi connectivity index (χ1n) is 14.4. The molecule has 0 saturated carbocycles. The number of allylic oxidation sites excluding steroid dienone is 2. The van der Waals surface area contributed by atoms with Crippen molar-refractivity contribution >= 4 is 49.5 Å². The molecule has 6 rings (SSSR count). The molecule has 0 nitrogen and oxygen atoms in total. The summed E-state index contributed by atoms with van der Waals surface area (Å²) >= 11 is 3.47. The molecule has 4 heteroatoms. The predicted molar refractivity (Wildman–Crippen MR) is 181 cm³/mol. The average molecular weight is 835 g/mol. The Morgan fingerprint density at radius 2 is 1.00 bits per heavy atom. The molecule has 40 heavy (non-hydrogen) atoms. The monoisotopic (exact) mass is 834 g/mol. The Labute approximate surface area is 257 Å². The van der Waals surface area contributed by atoms with Gasteiger partial charge in [0.2, 0.25) is 0 Å². The van der Waals surface area contributed by atoms with Gasteiger partial charge in [-0.25, -0.2) is 0 Å². The van der Waals surface area contributed by atoms with E-state index >= 15 is 0 Å². The van der Waals surface area contributed by atoms with E-state index in [4.69, 9.17) is 0 Å². The van der Waals surface area contributed by atoms with E-state index in [9.17, 15) is 0 Å². The third kappa shape index (κ3) is 4.53. The second kappa shape index (κ2) is 10.9. The van der Waals surface area contributed by atoms with Crippen molar-refractivity contribution in [1.29, 1.82) is 0 Å². The summed E-state index contributed by atoms with van der Waals surface area (Å²) in [6, 6.07) is 34.5. The fraction of sp³-hybridized carbons (Fsp3) is 0.222. The van der Waals surface area contributed by atoms with Crippen molar-refractivity contribution in [2.45, 2.75) is 42.6 Å². The van der Waals surface area contributed by atoms with Crippen molar-refractivity contribution in [2.75, 3.05) is 0 Å². The molecule has 0 aliphatic heterocycles. The van der Waals surface area contributed by atoms with Gasteiger partial charge in [0.1, 0.15) is 0 Å². The summed E-state index contributed by atoms with van der Waals surface area (Å²) in [5.74, 6) is 0. The van der Waals surface area contributed by atoms with Crippen LogP contribution < -0.4 is 0 Å². The molecule has 0 saturated heterocycles. The molecule has 4 aromatic rings. The third-order valence-corrected chi connectivity index (χ3v) is 69.2. The van der Waals surface area contributed by atoms with Crippen LogP contribution in [0.2, 0.25) is 21.4 Å². The minimum absolute atomic E-state index is 0.563. The van der Waals surface area contributed by atoms with E-state index in [2.05, 4.69) is 164 Å². The summed E-state index contributed by atoms with van der Waals surface area (Å²) in [4.78, 5) is 0. The van der Waals surface area contributed by atoms with Crippen LogP contribution in [0.3, 0.4) is 0 Å². The number of hydrogen-bond donors (Lipinski definition) is 0. The molecule has 2 atom stereocenters. The molecule has 4 aromatic carbocycles. The van der Waals surface area contributed by atoms with E-state index in [1.54, 1.807) is 11.1 Å². The van der Waals surface area contributed by atoms with Gasteiger partial charge < -0.3 is 0 Å². The maximum absolute atomic E-state index is 3.77. The summed E-state index contributed by atoms with van der Waals surface area (Å²) in [7, 11) is 0. The molecular weight excluding hydrogens is 799 g/mol. The quantitative estimate of drug-likeness (QED) is 0.170. The molecular formula is C36H36Br2HfSi. The molecule has 0 aromatic heterocycles. The zero-order valence-corrected chi connectivity index (χ0v) is 31.5. The summed E-state index contributed by atoms with van der Waals surface area (Å²) in [5.41, 5.74) is 10.8. The minimum atomic E-state index is -3.77. The molecule has 0 amide bonds.